The Balaban J connectivity index is -0.0000000800. The molecule has 0 bridgehead atoms. The first kappa shape index (κ1) is 15.9. The van der Waals surface area contributed by atoms with E-state index in [2.05, 4.69) is 4.99 Å². The van der Waals surface area contributed by atoms with Crippen LogP contribution >= 0.6 is 0 Å². The molecule has 0 spiro atoms. The van der Waals surface area contributed by atoms with Crippen molar-refractivity contribution in [2.24, 2.45) is 4.99 Å². The molecule has 0 aromatic carbocycles. The van der Waals surface area contributed by atoms with E-state index < -0.39 is 0 Å². The van der Waals surface area contributed by atoms with Crippen LogP contribution in [0.25, 0.3) is 5.41 Å². The Morgan fingerprint density at radius 2 is 2.00 bits per heavy atom. The van der Waals surface area contributed by atoms with E-state index in [1.54, 1.807) is 0 Å². The van der Waals surface area contributed by atoms with E-state index in [1.165, 1.54) is 12.2 Å². The fraction of sp³-hybridized carbons (Fsp3) is 0. The smallest absolute Gasteiger partial charge is 1.00 e. The predicted molar refractivity (Wildman–Crippen MR) is 16.4 cm³/mol. The summed E-state index contributed by atoms with van der Waals surface area (Å²) in [5, 5.41) is 14.9. The summed E-state index contributed by atoms with van der Waals surface area (Å²) in [5.41, 5.74) is 0. The van der Waals surface area contributed by atoms with Crippen LogP contribution in [0.1, 0.15) is 0 Å². The van der Waals surface area contributed by atoms with Crippen molar-refractivity contribution in [1.29, 1.82) is 5.26 Å². The number of halogens is 1. The molecule has 0 aliphatic heterocycles. The van der Waals surface area contributed by atoms with Crippen LogP contribution in [0.15, 0.2) is 4.99 Å². The molecule has 1 radical (unpaired) electrons. The summed E-state index contributed by atoms with van der Waals surface area (Å²) in [6, 6.07) is 1.28. The van der Waals surface area contributed by atoms with E-state index in [1.807, 2.05) is 0 Å². The van der Waals surface area contributed by atoms with E-state index in [4.69, 9.17) is 10.7 Å². The number of aliphatic imine (C=N–C) groups is 1. The van der Waals surface area contributed by atoms with Crippen molar-refractivity contribution in [1.82, 2.24) is 0 Å². The molecule has 0 heterocycles. The summed E-state index contributed by atoms with van der Waals surface area (Å²) in [6.07, 6.45) is 1.28. The van der Waals surface area contributed by atoms with Crippen LogP contribution in [0.3, 0.4) is 0 Å². The number of rotatable bonds is 0. The minimum Gasteiger partial charge on any atom is -1.00 e. The zero-order valence-electron chi connectivity index (χ0n) is 3.02. The van der Waals surface area contributed by atoms with Crippen LogP contribution in [-0.2, 0) is 17.1 Å². The van der Waals surface area contributed by atoms with Gasteiger partial charge in [0.2, 0.25) is 0 Å². The summed E-state index contributed by atoms with van der Waals surface area (Å²) in [6.45, 7) is 0. The molecular formula is C2ClCuN3. The number of hydrogen-bond donors (Lipinski definition) is 0. The molecule has 7 heavy (non-hydrogen) atoms. The first-order valence-electron chi connectivity index (χ1n) is 0.894. The molecule has 41 valence electrons. The minimum absolute atomic E-state index is 0. The van der Waals surface area contributed by atoms with Gasteiger partial charge in [-0.2, -0.15) is 5.26 Å². The van der Waals surface area contributed by atoms with Gasteiger partial charge in [0.15, 0.2) is 0 Å². The second-order valence-corrected chi connectivity index (χ2v) is 0.312. The van der Waals surface area contributed by atoms with Crippen molar-refractivity contribution in [3.8, 4) is 6.19 Å². The summed E-state index contributed by atoms with van der Waals surface area (Å²) in [7, 11) is 0. The topological polar surface area (TPSA) is 58.5 Å². The molecule has 0 unspecified atom stereocenters. The molecule has 0 amide bonds. The Kier molecular flexibility index (Phi) is 39.4. The second-order valence-electron chi connectivity index (χ2n) is 0.312. The molecule has 0 atom stereocenters. The zero-order chi connectivity index (χ0) is 4.12. The van der Waals surface area contributed by atoms with Crippen molar-refractivity contribution in [3.63, 3.8) is 0 Å². The van der Waals surface area contributed by atoms with Crippen molar-refractivity contribution in [3.05, 3.63) is 5.41 Å². The van der Waals surface area contributed by atoms with E-state index in [0.29, 0.717) is 0 Å². The number of nitriles is 1. The summed E-state index contributed by atoms with van der Waals surface area (Å²) in [5.74, 6) is 0. The van der Waals surface area contributed by atoms with Gasteiger partial charge in [-0.05, 0) is 0 Å². The molecule has 0 aromatic heterocycles. The largest absolute Gasteiger partial charge is 2.00 e. The minimum atomic E-state index is 0. The normalized spacial score (nSPS) is 2.71. The molecule has 0 fully saturated rings. The Morgan fingerprint density at radius 3 is 2.00 bits per heavy atom. The Labute approximate surface area is 57.8 Å². The molecule has 0 aliphatic rings. The van der Waals surface area contributed by atoms with Crippen LogP contribution < -0.4 is 12.4 Å². The maximum absolute atomic E-state index is 7.43. The maximum Gasteiger partial charge on any atom is 2.00 e. The van der Waals surface area contributed by atoms with Crippen molar-refractivity contribution < 1.29 is 29.5 Å². The van der Waals surface area contributed by atoms with Gasteiger partial charge in [0, 0.05) is 0 Å². The Bertz CT molecular complexity index is 100.0. The third-order valence-corrected chi connectivity index (χ3v) is 0.100. The van der Waals surface area contributed by atoms with Gasteiger partial charge in [0.05, 0.1) is 6.19 Å². The number of hydrogen-bond acceptors (Lipinski definition) is 2. The molecule has 3 nitrogen and oxygen atoms in total. The third-order valence-electron chi connectivity index (χ3n) is 0.100. The monoisotopic (exact) mass is 164 g/mol. The van der Waals surface area contributed by atoms with Gasteiger partial charge in [0.1, 0.15) is 0 Å². The summed E-state index contributed by atoms with van der Waals surface area (Å²) >= 11 is 0. The van der Waals surface area contributed by atoms with Crippen molar-refractivity contribution >= 4 is 6.01 Å². The Hall–Kier alpha value is -0.321. The van der Waals surface area contributed by atoms with Gasteiger partial charge in [-0.1, -0.05) is 0 Å². The Morgan fingerprint density at radius 1 is 1.57 bits per heavy atom. The molecule has 0 saturated carbocycles. The second kappa shape index (κ2) is 17.3. The van der Waals surface area contributed by atoms with E-state index >= 15 is 0 Å². The van der Waals surface area contributed by atoms with Crippen molar-refractivity contribution in [2.45, 2.75) is 0 Å². The average molecular weight is 165 g/mol. The summed E-state index contributed by atoms with van der Waals surface area (Å²) in [4.78, 5) is 2.58. The first-order valence-corrected chi connectivity index (χ1v) is 0.894. The van der Waals surface area contributed by atoms with Crippen LogP contribution in [0.4, 0.5) is 0 Å². The van der Waals surface area contributed by atoms with Gasteiger partial charge in [-0.3, -0.25) is 0 Å². The van der Waals surface area contributed by atoms with E-state index in [-0.39, 0.29) is 29.5 Å². The number of nitrogens with zero attached hydrogens (tertiary/aromatic N) is 3. The molecule has 0 N–H and O–H groups in total. The summed E-state index contributed by atoms with van der Waals surface area (Å²) < 4.78 is 0. The standard InChI is InChI=1S/C2N3.ClH.Cu/c3-1-5-2-4;;/h;1H;/q-1;;+2/p-1. The maximum atomic E-state index is 7.43. The molecule has 0 aliphatic carbocycles. The average Bonchev–Trinajstić information content (AvgIpc) is 1.41. The molecular weight excluding hydrogens is 165 g/mol. The van der Waals surface area contributed by atoms with Crippen LogP contribution in [0, 0.1) is 11.5 Å². The van der Waals surface area contributed by atoms with E-state index in [9.17, 15) is 0 Å². The fourth-order valence-corrected chi connectivity index (χ4v) is 0.0224. The van der Waals surface area contributed by atoms with Gasteiger partial charge in [-0.25, -0.2) is 0 Å². The SMILES string of the molecule is N#CN=C=[N-].[Cl-].[Cu+2]. The van der Waals surface area contributed by atoms with Crippen LogP contribution in [-0.4, -0.2) is 6.01 Å². The zero-order valence-corrected chi connectivity index (χ0v) is 4.72. The van der Waals surface area contributed by atoms with Crippen LogP contribution in [0.5, 0.6) is 0 Å². The third kappa shape index (κ3) is 27.3. The molecule has 0 rings (SSSR count). The van der Waals surface area contributed by atoms with Gasteiger partial charge >= 0.3 is 17.1 Å². The first-order chi connectivity index (χ1) is 2.41. The van der Waals surface area contributed by atoms with Gasteiger partial charge < -0.3 is 22.8 Å². The quantitative estimate of drug-likeness (QED) is 0.217. The van der Waals surface area contributed by atoms with E-state index in [0.717, 1.165) is 0 Å². The van der Waals surface area contributed by atoms with Crippen molar-refractivity contribution in [2.75, 3.05) is 0 Å². The van der Waals surface area contributed by atoms with Gasteiger partial charge in [-0.15, -0.1) is 6.01 Å². The van der Waals surface area contributed by atoms with Crippen LogP contribution in [0.2, 0.25) is 0 Å². The molecule has 5 heteroatoms. The molecule has 0 saturated heterocycles. The predicted octanol–water partition coefficient (Wildman–Crippen LogP) is -2.79. The molecule has 0 aromatic rings. The fourth-order valence-electron chi connectivity index (χ4n) is 0.0224. The van der Waals surface area contributed by atoms with Gasteiger partial charge in [0.25, 0.3) is 0 Å².